The number of carbonyl (C=O) groups is 1. The Hall–Kier alpha value is -2.61. The summed E-state index contributed by atoms with van der Waals surface area (Å²) in [5.74, 6) is -0.387. The van der Waals surface area contributed by atoms with Crippen LogP contribution in [-0.4, -0.2) is 5.97 Å². The summed E-state index contributed by atoms with van der Waals surface area (Å²) < 4.78 is 5.52. The molecule has 0 bridgehead atoms. The van der Waals surface area contributed by atoms with Gasteiger partial charge in [-0.05, 0) is 31.1 Å². The second-order valence-corrected chi connectivity index (χ2v) is 5.29. The third-order valence-electron chi connectivity index (χ3n) is 3.25. The van der Waals surface area contributed by atoms with E-state index in [-0.39, 0.29) is 5.97 Å². The third-order valence-corrected chi connectivity index (χ3v) is 3.25. The Morgan fingerprint density at radius 2 is 1.73 bits per heavy atom. The van der Waals surface area contributed by atoms with Gasteiger partial charge < -0.3 is 4.74 Å². The van der Waals surface area contributed by atoms with Crippen LogP contribution in [0.5, 0.6) is 0 Å². The molecule has 2 aromatic rings. The van der Waals surface area contributed by atoms with Crippen molar-refractivity contribution in [2.45, 2.75) is 20.0 Å². The smallest absolute Gasteiger partial charge is 0.334 e. The van der Waals surface area contributed by atoms with Crippen LogP contribution in [0.3, 0.4) is 0 Å². The zero-order chi connectivity index (χ0) is 15.9. The van der Waals surface area contributed by atoms with E-state index in [2.05, 4.69) is 25.6 Å². The molecule has 1 atom stereocenters. The van der Waals surface area contributed by atoms with Crippen molar-refractivity contribution in [1.29, 1.82) is 0 Å². The second-order valence-electron chi connectivity index (χ2n) is 5.29. The summed E-state index contributed by atoms with van der Waals surface area (Å²) in [6.07, 6.45) is 3.43. The molecule has 0 spiro atoms. The predicted molar refractivity (Wildman–Crippen MR) is 90.3 cm³/mol. The lowest BCUT2D eigenvalue weighted by molar-refractivity contribution is -0.142. The van der Waals surface area contributed by atoms with Gasteiger partial charge in [-0.15, -0.1) is 0 Å². The van der Waals surface area contributed by atoms with Crippen molar-refractivity contribution in [1.82, 2.24) is 0 Å². The fourth-order valence-electron chi connectivity index (χ4n) is 1.95. The summed E-state index contributed by atoms with van der Waals surface area (Å²) in [6, 6.07) is 17.8. The van der Waals surface area contributed by atoms with Gasteiger partial charge >= 0.3 is 5.97 Å². The number of esters is 1. The van der Waals surface area contributed by atoms with Crippen LogP contribution in [0.1, 0.15) is 29.7 Å². The summed E-state index contributed by atoms with van der Waals surface area (Å²) in [4.78, 5) is 11.8. The third kappa shape index (κ3) is 4.45. The van der Waals surface area contributed by atoms with Crippen molar-refractivity contribution in [2.24, 2.45) is 0 Å². The number of hydrogen-bond donors (Lipinski definition) is 0. The number of ether oxygens (including phenoxy) is 1. The van der Waals surface area contributed by atoms with Gasteiger partial charge in [-0.1, -0.05) is 72.8 Å². The zero-order valence-electron chi connectivity index (χ0n) is 13.0. The van der Waals surface area contributed by atoms with Crippen molar-refractivity contribution in [2.75, 3.05) is 0 Å². The molecule has 2 rings (SSSR count). The summed E-state index contributed by atoms with van der Waals surface area (Å²) in [5, 5.41) is 0. The van der Waals surface area contributed by atoms with Gasteiger partial charge in [-0.2, -0.15) is 0 Å². The molecule has 0 N–H and O–H groups in total. The van der Waals surface area contributed by atoms with Crippen molar-refractivity contribution in [3.63, 3.8) is 0 Å². The average Bonchev–Trinajstić information content (AvgIpc) is 2.53. The molecule has 0 saturated heterocycles. The Morgan fingerprint density at radius 1 is 1.09 bits per heavy atom. The fraction of sp³-hybridized carbons (Fsp3) is 0.150. The molecule has 0 fully saturated rings. The Bertz CT molecular complexity index is 667. The molecule has 0 radical (unpaired) electrons. The van der Waals surface area contributed by atoms with Crippen LogP contribution >= 0.6 is 0 Å². The van der Waals surface area contributed by atoms with Crippen LogP contribution in [-0.2, 0) is 9.53 Å². The van der Waals surface area contributed by atoms with Crippen LogP contribution in [0.4, 0.5) is 0 Å². The standard InChI is InChI=1S/C20H20O2/c1-15(2)20(21)22-19(18-7-5-4-6-8-18)14-13-17-11-9-16(3)10-12-17/h4-14,19H,1H2,2-3H3. The Balaban J connectivity index is 2.22. The van der Waals surface area contributed by atoms with Gasteiger partial charge in [0.05, 0.1) is 0 Å². The summed E-state index contributed by atoms with van der Waals surface area (Å²) in [5.41, 5.74) is 3.61. The van der Waals surface area contributed by atoms with Crippen LogP contribution in [0, 0.1) is 6.92 Å². The van der Waals surface area contributed by atoms with Gasteiger partial charge in [0.2, 0.25) is 0 Å². The van der Waals surface area contributed by atoms with Crippen molar-refractivity contribution in [3.05, 3.63) is 89.5 Å². The molecule has 0 saturated carbocycles. The highest BCUT2D eigenvalue weighted by Gasteiger charge is 2.14. The maximum atomic E-state index is 11.8. The monoisotopic (exact) mass is 292 g/mol. The molecule has 0 aromatic heterocycles. The lowest BCUT2D eigenvalue weighted by Crippen LogP contribution is -2.10. The number of aryl methyl sites for hydroxylation is 1. The molecule has 1 unspecified atom stereocenters. The number of hydrogen-bond acceptors (Lipinski definition) is 2. The Morgan fingerprint density at radius 3 is 2.32 bits per heavy atom. The first kappa shape index (κ1) is 15.8. The Kier molecular flexibility index (Phi) is 5.31. The summed E-state index contributed by atoms with van der Waals surface area (Å²) in [7, 11) is 0. The maximum absolute atomic E-state index is 11.8. The molecule has 0 aliphatic rings. The normalized spacial score (nSPS) is 12.1. The molecule has 0 heterocycles. The van der Waals surface area contributed by atoms with E-state index in [1.807, 2.05) is 54.6 Å². The van der Waals surface area contributed by atoms with Crippen molar-refractivity contribution < 1.29 is 9.53 Å². The SMILES string of the molecule is C=C(C)C(=O)OC(C=Cc1ccc(C)cc1)c1ccccc1. The summed E-state index contributed by atoms with van der Waals surface area (Å²) >= 11 is 0. The minimum absolute atomic E-state index is 0.387. The van der Waals surface area contributed by atoms with Crippen LogP contribution in [0.15, 0.2) is 72.8 Å². The first-order chi connectivity index (χ1) is 10.6. The number of benzene rings is 2. The lowest BCUT2D eigenvalue weighted by Gasteiger charge is -2.15. The zero-order valence-corrected chi connectivity index (χ0v) is 13.0. The van der Waals surface area contributed by atoms with E-state index >= 15 is 0 Å². The van der Waals surface area contributed by atoms with E-state index in [1.54, 1.807) is 6.92 Å². The molecule has 2 heteroatoms. The van der Waals surface area contributed by atoms with E-state index in [0.717, 1.165) is 11.1 Å². The fourth-order valence-corrected chi connectivity index (χ4v) is 1.95. The number of carbonyl (C=O) groups excluding carboxylic acids is 1. The van der Waals surface area contributed by atoms with E-state index < -0.39 is 6.10 Å². The molecule has 22 heavy (non-hydrogen) atoms. The van der Waals surface area contributed by atoms with Crippen molar-refractivity contribution >= 4 is 12.0 Å². The molecule has 0 amide bonds. The quantitative estimate of drug-likeness (QED) is 0.580. The molecular weight excluding hydrogens is 272 g/mol. The molecule has 0 aliphatic heterocycles. The van der Waals surface area contributed by atoms with Gasteiger partial charge in [0.1, 0.15) is 6.10 Å². The molecule has 2 nitrogen and oxygen atoms in total. The highest BCUT2D eigenvalue weighted by molar-refractivity contribution is 5.87. The first-order valence-electron chi connectivity index (χ1n) is 7.22. The topological polar surface area (TPSA) is 26.3 Å². The largest absolute Gasteiger partial charge is 0.450 e. The lowest BCUT2D eigenvalue weighted by atomic mass is 10.1. The van der Waals surface area contributed by atoms with E-state index in [4.69, 9.17) is 4.74 Å². The van der Waals surface area contributed by atoms with Crippen molar-refractivity contribution in [3.8, 4) is 0 Å². The van der Waals surface area contributed by atoms with E-state index in [0.29, 0.717) is 5.57 Å². The minimum atomic E-state index is -0.424. The summed E-state index contributed by atoms with van der Waals surface area (Å²) in [6.45, 7) is 7.33. The maximum Gasteiger partial charge on any atom is 0.334 e. The Labute approximate surface area is 131 Å². The number of rotatable bonds is 5. The van der Waals surface area contributed by atoms with Gasteiger partial charge in [-0.25, -0.2) is 4.79 Å². The van der Waals surface area contributed by atoms with Crippen LogP contribution in [0.25, 0.3) is 6.08 Å². The van der Waals surface area contributed by atoms with Crippen LogP contribution in [0.2, 0.25) is 0 Å². The van der Waals surface area contributed by atoms with Gasteiger partial charge in [-0.3, -0.25) is 0 Å². The predicted octanol–water partition coefficient (Wildman–Crippen LogP) is 4.87. The average molecular weight is 292 g/mol. The van der Waals surface area contributed by atoms with E-state index in [1.165, 1.54) is 5.56 Å². The molecule has 2 aromatic carbocycles. The minimum Gasteiger partial charge on any atom is -0.450 e. The van der Waals surface area contributed by atoms with Gasteiger partial charge in [0.25, 0.3) is 0 Å². The highest BCUT2D eigenvalue weighted by atomic mass is 16.5. The van der Waals surface area contributed by atoms with Crippen LogP contribution < -0.4 is 0 Å². The molecular formula is C20H20O2. The second kappa shape index (κ2) is 7.41. The first-order valence-corrected chi connectivity index (χ1v) is 7.22. The van der Waals surface area contributed by atoms with E-state index in [9.17, 15) is 4.79 Å². The molecule has 112 valence electrons. The van der Waals surface area contributed by atoms with Gasteiger partial charge in [0, 0.05) is 5.57 Å². The van der Waals surface area contributed by atoms with Gasteiger partial charge in [0.15, 0.2) is 0 Å². The molecule has 0 aliphatic carbocycles. The highest BCUT2D eigenvalue weighted by Crippen LogP contribution is 2.21.